The average Bonchev–Trinajstić information content (AvgIpc) is 2.92. The van der Waals surface area contributed by atoms with E-state index in [0.29, 0.717) is 18.9 Å². The summed E-state index contributed by atoms with van der Waals surface area (Å²) < 4.78 is 49.9. The number of unbranched alkanes of at least 4 members (excludes halogenated alkanes) is 13. The van der Waals surface area contributed by atoms with Gasteiger partial charge in [-0.25, -0.2) is 4.79 Å². The van der Waals surface area contributed by atoms with Gasteiger partial charge in [0.05, 0.1) is 23.4 Å². The van der Waals surface area contributed by atoms with Gasteiger partial charge in [0, 0.05) is 12.3 Å². The van der Waals surface area contributed by atoms with Crippen molar-refractivity contribution in [1.82, 2.24) is 0 Å². The van der Waals surface area contributed by atoms with Gasteiger partial charge < -0.3 is 14.8 Å². The number of rotatable bonds is 21. The second-order valence-electron chi connectivity index (χ2n) is 10.1. The van der Waals surface area contributed by atoms with Crippen LogP contribution in [-0.4, -0.2) is 25.8 Å². The van der Waals surface area contributed by atoms with Gasteiger partial charge in [-0.2, -0.15) is 13.2 Å². The summed E-state index contributed by atoms with van der Waals surface area (Å²) in [5.41, 5.74) is 0.108. The van der Waals surface area contributed by atoms with Gasteiger partial charge in [0.15, 0.2) is 0 Å². The molecular formula is C32H46F3NO3. The Hall–Kier alpha value is -2.54. The van der Waals surface area contributed by atoms with Gasteiger partial charge >= 0.3 is 12.1 Å². The molecule has 7 heteroatoms. The molecule has 0 bridgehead atoms. The van der Waals surface area contributed by atoms with E-state index < -0.39 is 17.7 Å². The molecule has 39 heavy (non-hydrogen) atoms. The molecule has 218 valence electrons. The second kappa shape index (κ2) is 19.5. The standard InChI is InChI=1S/C32H46F3NO3/c1-2-3-4-5-6-7-8-9-10-11-12-13-14-17-23-38-24-25-39-31(37)29-21-15-16-22-30(29)36-28-20-18-19-27(26-28)32(33,34)35/h15-16,18-22,26,36H,2-14,17,23-25H2,1H3. The number of esters is 1. The Labute approximate surface area is 232 Å². The van der Waals surface area contributed by atoms with E-state index in [-0.39, 0.29) is 17.9 Å². The fourth-order valence-corrected chi connectivity index (χ4v) is 4.47. The fourth-order valence-electron chi connectivity index (χ4n) is 4.47. The molecule has 0 aromatic heterocycles. The first kappa shape index (κ1) is 32.7. The minimum Gasteiger partial charge on any atom is -0.460 e. The molecule has 1 N–H and O–H groups in total. The molecule has 0 aliphatic heterocycles. The van der Waals surface area contributed by atoms with Crippen LogP contribution >= 0.6 is 0 Å². The van der Waals surface area contributed by atoms with Crippen molar-refractivity contribution in [2.24, 2.45) is 0 Å². The van der Waals surface area contributed by atoms with Crippen LogP contribution in [0.25, 0.3) is 0 Å². The lowest BCUT2D eigenvalue weighted by atomic mass is 10.0. The Kier molecular flexibility index (Phi) is 16.3. The zero-order chi connectivity index (χ0) is 28.2. The number of para-hydroxylation sites is 1. The third-order valence-electron chi connectivity index (χ3n) is 6.72. The lowest BCUT2D eigenvalue weighted by molar-refractivity contribution is -0.137. The summed E-state index contributed by atoms with van der Waals surface area (Å²) in [6.45, 7) is 3.33. The average molecular weight is 550 g/mol. The summed E-state index contributed by atoms with van der Waals surface area (Å²) in [6.07, 6.45) is 13.9. The quantitative estimate of drug-likeness (QED) is 0.124. The normalized spacial score (nSPS) is 11.5. The summed E-state index contributed by atoms with van der Waals surface area (Å²) in [5, 5.41) is 2.89. The van der Waals surface area contributed by atoms with Crippen molar-refractivity contribution >= 4 is 17.3 Å². The van der Waals surface area contributed by atoms with E-state index in [9.17, 15) is 18.0 Å². The van der Waals surface area contributed by atoms with Gasteiger partial charge in [-0.05, 0) is 36.8 Å². The molecule has 0 fully saturated rings. The van der Waals surface area contributed by atoms with Gasteiger partial charge in [0.2, 0.25) is 0 Å². The SMILES string of the molecule is CCCCCCCCCCCCCCCCOCCOC(=O)c1ccccc1Nc1cccc(C(F)(F)F)c1. The zero-order valence-electron chi connectivity index (χ0n) is 23.5. The topological polar surface area (TPSA) is 47.6 Å². The summed E-state index contributed by atoms with van der Waals surface area (Å²) in [5.74, 6) is -0.551. The van der Waals surface area contributed by atoms with Crippen molar-refractivity contribution in [3.63, 3.8) is 0 Å². The van der Waals surface area contributed by atoms with Crippen LogP contribution in [0.5, 0.6) is 0 Å². The van der Waals surface area contributed by atoms with Gasteiger partial charge in [-0.3, -0.25) is 0 Å². The maximum Gasteiger partial charge on any atom is 0.416 e. The number of halogens is 3. The van der Waals surface area contributed by atoms with Crippen LogP contribution in [0.3, 0.4) is 0 Å². The van der Waals surface area contributed by atoms with E-state index in [1.54, 1.807) is 24.3 Å². The number of carbonyl (C=O) groups excluding carboxylic acids is 1. The molecule has 2 aromatic carbocycles. The minimum atomic E-state index is -4.44. The molecule has 0 saturated heterocycles. The van der Waals surface area contributed by atoms with Gasteiger partial charge in [0.25, 0.3) is 0 Å². The summed E-state index contributed by atoms with van der Waals surface area (Å²) in [4.78, 5) is 12.6. The second-order valence-corrected chi connectivity index (χ2v) is 10.1. The molecule has 0 amide bonds. The number of nitrogens with one attached hydrogen (secondary N) is 1. The predicted molar refractivity (Wildman–Crippen MR) is 153 cm³/mol. The highest BCUT2D eigenvalue weighted by atomic mass is 19.4. The Balaban J connectivity index is 1.52. The van der Waals surface area contributed by atoms with E-state index in [2.05, 4.69) is 12.2 Å². The summed E-state index contributed by atoms with van der Waals surface area (Å²) >= 11 is 0. The smallest absolute Gasteiger partial charge is 0.416 e. The molecule has 0 radical (unpaired) electrons. The molecule has 0 spiro atoms. The molecule has 0 heterocycles. The number of ether oxygens (including phenoxy) is 2. The highest BCUT2D eigenvalue weighted by Crippen LogP contribution is 2.32. The van der Waals surface area contributed by atoms with Crippen LogP contribution in [0.4, 0.5) is 24.5 Å². The first-order chi connectivity index (χ1) is 18.9. The third kappa shape index (κ3) is 14.4. The van der Waals surface area contributed by atoms with E-state index in [1.165, 1.54) is 89.2 Å². The third-order valence-corrected chi connectivity index (χ3v) is 6.72. The number of benzene rings is 2. The Morgan fingerprint density at radius 3 is 1.92 bits per heavy atom. The van der Waals surface area contributed by atoms with Gasteiger partial charge in [0.1, 0.15) is 6.61 Å². The minimum absolute atomic E-state index is 0.120. The molecule has 2 rings (SSSR count). The van der Waals surface area contributed by atoms with Crippen molar-refractivity contribution in [1.29, 1.82) is 0 Å². The van der Waals surface area contributed by atoms with Crippen LogP contribution in [0, 0.1) is 0 Å². The van der Waals surface area contributed by atoms with Crippen molar-refractivity contribution < 1.29 is 27.4 Å². The van der Waals surface area contributed by atoms with Crippen molar-refractivity contribution in [2.75, 3.05) is 25.1 Å². The number of anilines is 2. The number of hydrogen-bond donors (Lipinski definition) is 1. The fraction of sp³-hybridized carbons (Fsp3) is 0.594. The molecule has 0 aliphatic carbocycles. The van der Waals surface area contributed by atoms with E-state index in [1.807, 2.05) is 0 Å². The summed E-state index contributed by atoms with van der Waals surface area (Å²) in [7, 11) is 0. The van der Waals surface area contributed by atoms with Crippen LogP contribution in [0.1, 0.15) is 113 Å². The van der Waals surface area contributed by atoms with Gasteiger partial charge in [-0.1, -0.05) is 109 Å². The van der Waals surface area contributed by atoms with Crippen LogP contribution in [0.15, 0.2) is 48.5 Å². The van der Waals surface area contributed by atoms with Crippen molar-refractivity contribution in [2.45, 2.75) is 103 Å². The number of carbonyl (C=O) groups is 1. The molecule has 0 unspecified atom stereocenters. The van der Waals surface area contributed by atoms with Crippen molar-refractivity contribution in [3.8, 4) is 0 Å². The zero-order valence-corrected chi connectivity index (χ0v) is 23.5. The number of alkyl halides is 3. The van der Waals surface area contributed by atoms with Crippen molar-refractivity contribution in [3.05, 3.63) is 59.7 Å². The first-order valence-electron chi connectivity index (χ1n) is 14.7. The van der Waals surface area contributed by atoms with Crippen LogP contribution in [0.2, 0.25) is 0 Å². The lowest BCUT2D eigenvalue weighted by Crippen LogP contribution is -2.13. The van der Waals surface area contributed by atoms with E-state index in [4.69, 9.17) is 9.47 Å². The molecule has 0 aliphatic rings. The molecule has 2 aromatic rings. The number of hydrogen-bond acceptors (Lipinski definition) is 4. The van der Waals surface area contributed by atoms with Gasteiger partial charge in [-0.15, -0.1) is 0 Å². The Bertz CT molecular complexity index is 933. The van der Waals surface area contributed by atoms with Crippen LogP contribution in [-0.2, 0) is 15.7 Å². The molecule has 0 saturated carbocycles. The predicted octanol–water partition coefficient (Wildman–Crippen LogP) is 10.1. The van der Waals surface area contributed by atoms with Crippen LogP contribution < -0.4 is 5.32 Å². The molecule has 0 atom stereocenters. The first-order valence-corrected chi connectivity index (χ1v) is 14.7. The van der Waals surface area contributed by atoms with E-state index >= 15 is 0 Å². The monoisotopic (exact) mass is 549 g/mol. The Morgan fingerprint density at radius 2 is 1.31 bits per heavy atom. The highest BCUT2D eigenvalue weighted by Gasteiger charge is 2.30. The van der Waals surface area contributed by atoms with E-state index in [0.717, 1.165) is 25.0 Å². The highest BCUT2D eigenvalue weighted by molar-refractivity contribution is 5.96. The molecular weight excluding hydrogens is 503 g/mol. The Morgan fingerprint density at radius 1 is 0.718 bits per heavy atom. The maximum atomic E-state index is 13.0. The largest absolute Gasteiger partial charge is 0.460 e. The lowest BCUT2D eigenvalue weighted by Gasteiger charge is -2.13. The maximum absolute atomic E-state index is 13.0. The molecule has 4 nitrogen and oxygen atoms in total. The summed E-state index contributed by atoms with van der Waals surface area (Å²) in [6, 6.07) is 11.4.